The maximum atomic E-state index is 5.41. The number of nitrogens with two attached hydrogens (primary N) is 3. The van der Waals surface area contributed by atoms with Crippen molar-refractivity contribution in [2.75, 3.05) is 0 Å². The van der Waals surface area contributed by atoms with Crippen molar-refractivity contribution >= 4 is 30.0 Å². The summed E-state index contributed by atoms with van der Waals surface area (Å²) in [4.78, 5) is 7.52. The number of guanidine groups is 2. The highest BCUT2D eigenvalue weighted by atomic mass is 35.5. The van der Waals surface area contributed by atoms with Gasteiger partial charge in [0.25, 0.3) is 0 Å². The Morgan fingerprint density at radius 2 is 1.36 bits per heavy atom. The number of rotatable bonds is 2. The third kappa shape index (κ3) is 8.60. The molecule has 22 heavy (non-hydrogen) atoms. The Kier molecular flexibility index (Phi) is 9.88. The molecule has 0 aliphatic heterocycles. The highest BCUT2D eigenvalue weighted by Crippen LogP contribution is 2.08. The molecule has 2 aromatic rings. The lowest BCUT2D eigenvalue weighted by molar-refractivity contribution is 1.14. The standard InChI is InChI=1S/C8H11N5.C8H10.ClH/c9-7(10)13-8(11)12-6-4-2-1-3-5-6;1-2-8-6-4-3-5-7-8;/h1-5H,(H6,9,10,11,12,13);3-7H,2H2,1H3;1H. The van der Waals surface area contributed by atoms with Crippen LogP contribution in [0.3, 0.4) is 0 Å². The lowest BCUT2D eigenvalue weighted by Crippen LogP contribution is -2.26. The monoisotopic (exact) mass is 319 g/mol. The number of nitrogens with zero attached hydrogens (tertiary/aromatic N) is 2. The molecular formula is C16H22ClN5. The third-order valence-corrected chi connectivity index (χ3v) is 2.49. The van der Waals surface area contributed by atoms with E-state index in [-0.39, 0.29) is 24.3 Å². The van der Waals surface area contributed by atoms with Gasteiger partial charge >= 0.3 is 0 Å². The molecule has 2 rings (SSSR count). The van der Waals surface area contributed by atoms with Crippen LogP contribution in [-0.4, -0.2) is 11.9 Å². The first-order valence-electron chi connectivity index (χ1n) is 6.64. The summed E-state index contributed by atoms with van der Waals surface area (Å²) in [6, 6.07) is 19.6. The minimum Gasteiger partial charge on any atom is -0.370 e. The van der Waals surface area contributed by atoms with Gasteiger partial charge in [-0.25, -0.2) is 4.99 Å². The maximum Gasteiger partial charge on any atom is 0.223 e. The van der Waals surface area contributed by atoms with E-state index in [1.807, 2.05) is 24.3 Å². The molecule has 0 radical (unpaired) electrons. The van der Waals surface area contributed by atoms with E-state index < -0.39 is 0 Å². The van der Waals surface area contributed by atoms with Crippen molar-refractivity contribution in [2.24, 2.45) is 27.2 Å². The zero-order valence-electron chi connectivity index (χ0n) is 12.5. The van der Waals surface area contributed by atoms with Crippen LogP contribution in [-0.2, 0) is 6.42 Å². The van der Waals surface area contributed by atoms with Crippen LogP contribution in [0.15, 0.2) is 70.6 Å². The zero-order chi connectivity index (χ0) is 15.5. The molecule has 0 aliphatic rings. The van der Waals surface area contributed by atoms with Gasteiger partial charge in [0.15, 0.2) is 5.96 Å². The van der Waals surface area contributed by atoms with Gasteiger partial charge in [-0.15, -0.1) is 12.4 Å². The van der Waals surface area contributed by atoms with Crippen molar-refractivity contribution < 1.29 is 0 Å². The summed E-state index contributed by atoms with van der Waals surface area (Å²) >= 11 is 0. The second-order valence-electron chi connectivity index (χ2n) is 4.18. The summed E-state index contributed by atoms with van der Waals surface area (Å²) in [6.45, 7) is 2.16. The van der Waals surface area contributed by atoms with Gasteiger partial charge in [-0.1, -0.05) is 55.5 Å². The topological polar surface area (TPSA) is 103 Å². The van der Waals surface area contributed by atoms with Gasteiger partial charge in [-0.3, -0.25) is 0 Å². The van der Waals surface area contributed by atoms with Crippen molar-refractivity contribution in [3.05, 3.63) is 66.2 Å². The molecule has 0 spiro atoms. The smallest absolute Gasteiger partial charge is 0.223 e. The van der Waals surface area contributed by atoms with Gasteiger partial charge in [0.2, 0.25) is 5.96 Å². The average molecular weight is 320 g/mol. The lowest BCUT2D eigenvalue weighted by atomic mass is 10.2. The van der Waals surface area contributed by atoms with Crippen molar-refractivity contribution in [2.45, 2.75) is 13.3 Å². The fraction of sp³-hybridized carbons (Fsp3) is 0.125. The SMILES string of the molecule is CCc1ccccc1.Cl.NC(N)=NC(N)=Nc1ccccc1. The molecule has 0 saturated heterocycles. The first-order valence-corrected chi connectivity index (χ1v) is 6.64. The minimum absolute atomic E-state index is 0. The second-order valence-corrected chi connectivity index (χ2v) is 4.18. The minimum atomic E-state index is -0.0998. The summed E-state index contributed by atoms with van der Waals surface area (Å²) in [5.41, 5.74) is 17.8. The first-order chi connectivity index (χ1) is 10.1. The van der Waals surface area contributed by atoms with Crippen LogP contribution in [0, 0.1) is 0 Å². The molecule has 6 N–H and O–H groups in total. The van der Waals surface area contributed by atoms with Crippen LogP contribution in [0.1, 0.15) is 12.5 Å². The summed E-state index contributed by atoms with van der Waals surface area (Å²) in [5, 5.41) is 0. The Morgan fingerprint density at radius 1 is 0.864 bits per heavy atom. The fourth-order valence-corrected chi connectivity index (χ4v) is 1.51. The van der Waals surface area contributed by atoms with Crippen LogP contribution in [0.5, 0.6) is 0 Å². The summed E-state index contributed by atoms with van der Waals surface area (Å²) in [7, 11) is 0. The molecule has 0 bridgehead atoms. The van der Waals surface area contributed by atoms with Crippen molar-refractivity contribution in [3.8, 4) is 0 Å². The van der Waals surface area contributed by atoms with E-state index in [4.69, 9.17) is 17.2 Å². The van der Waals surface area contributed by atoms with Crippen molar-refractivity contribution in [3.63, 3.8) is 0 Å². The van der Waals surface area contributed by atoms with Crippen LogP contribution in [0.2, 0.25) is 0 Å². The second kappa shape index (κ2) is 11.2. The average Bonchev–Trinajstić information content (AvgIpc) is 2.49. The Hall–Kier alpha value is -2.53. The van der Waals surface area contributed by atoms with Crippen LogP contribution in [0.4, 0.5) is 5.69 Å². The molecule has 2 aromatic carbocycles. The quantitative estimate of drug-likeness (QED) is 0.585. The first kappa shape index (κ1) is 19.5. The Labute approximate surface area is 137 Å². The normalized spacial score (nSPS) is 9.77. The van der Waals surface area contributed by atoms with Gasteiger partial charge in [0.1, 0.15) is 0 Å². The number of hydrogen-bond acceptors (Lipinski definition) is 1. The zero-order valence-corrected chi connectivity index (χ0v) is 13.3. The maximum absolute atomic E-state index is 5.41. The van der Waals surface area contributed by atoms with Crippen molar-refractivity contribution in [1.29, 1.82) is 0 Å². The van der Waals surface area contributed by atoms with Gasteiger partial charge < -0.3 is 17.2 Å². The number of aryl methyl sites for hydroxylation is 1. The molecule has 118 valence electrons. The Morgan fingerprint density at radius 3 is 1.77 bits per heavy atom. The molecule has 0 amide bonds. The summed E-state index contributed by atoms with van der Waals surface area (Å²) in [5.74, 6) is -0.0524. The van der Waals surface area contributed by atoms with Gasteiger partial charge in [-0.2, -0.15) is 4.99 Å². The summed E-state index contributed by atoms with van der Waals surface area (Å²) < 4.78 is 0. The van der Waals surface area contributed by atoms with Gasteiger partial charge in [-0.05, 0) is 24.1 Å². The largest absolute Gasteiger partial charge is 0.370 e. The Balaban J connectivity index is 0.000000423. The van der Waals surface area contributed by atoms with Crippen LogP contribution >= 0.6 is 12.4 Å². The number of hydrogen-bond donors (Lipinski definition) is 3. The molecule has 0 atom stereocenters. The Bertz CT molecular complexity index is 578. The van der Waals surface area contributed by atoms with E-state index in [2.05, 4.69) is 41.2 Å². The highest BCUT2D eigenvalue weighted by Gasteiger charge is 1.90. The molecule has 0 unspecified atom stereocenters. The molecule has 0 fully saturated rings. The van der Waals surface area contributed by atoms with Crippen LogP contribution < -0.4 is 17.2 Å². The number of aliphatic imine (C=N–C) groups is 2. The van der Waals surface area contributed by atoms with Gasteiger partial charge in [0, 0.05) is 0 Å². The highest BCUT2D eigenvalue weighted by molar-refractivity contribution is 5.93. The van der Waals surface area contributed by atoms with E-state index in [0.717, 1.165) is 6.42 Å². The van der Waals surface area contributed by atoms with E-state index >= 15 is 0 Å². The number of halogens is 1. The lowest BCUT2D eigenvalue weighted by Gasteiger charge is -1.94. The summed E-state index contributed by atoms with van der Waals surface area (Å²) in [6.07, 6.45) is 1.14. The van der Waals surface area contributed by atoms with E-state index in [1.165, 1.54) is 5.56 Å². The van der Waals surface area contributed by atoms with Crippen molar-refractivity contribution in [1.82, 2.24) is 0 Å². The number of para-hydroxylation sites is 1. The van der Waals surface area contributed by atoms with Crippen LogP contribution in [0.25, 0.3) is 0 Å². The third-order valence-electron chi connectivity index (χ3n) is 2.49. The predicted molar refractivity (Wildman–Crippen MR) is 96.6 cm³/mol. The molecule has 0 aliphatic carbocycles. The van der Waals surface area contributed by atoms with E-state index in [9.17, 15) is 0 Å². The van der Waals surface area contributed by atoms with E-state index in [0.29, 0.717) is 5.69 Å². The number of benzene rings is 2. The van der Waals surface area contributed by atoms with E-state index in [1.54, 1.807) is 12.1 Å². The fourth-order valence-electron chi connectivity index (χ4n) is 1.51. The molecule has 0 aromatic heterocycles. The molecule has 0 saturated carbocycles. The molecule has 6 heteroatoms. The predicted octanol–water partition coefficient (Wildman–Crippen LogP) is 2.58. The molecule has 5 nitrogen and oxygen atoms in total. The molecule has 0 heterocycles. The van der Waals surface area contributed by atoms with Gasteiger partial charge in [0.05, 0.1) is 5.69 Å². The molecular weight excluding hydrogens is 298 g/mol.